The van der Waals surface area contributed by atoms with Crippen molar-refractivity contribution >= 4 is 11.6 Å². The lowest BCUT2D eigenvalue weighted by Gasteiger charge is -2.41. The van der Waals surface area contributed by atoms with Crippen LogP contribution in [0, 0.1) is 11.6 Å². The standard InChI is InChI=1S/C32H35F3N4O3/c1-37(27-11-13-38(20-26(34)15-27)18-22-10-12-36-30(14-22)42-2)31(41)39-19-23(28-16-25(33)8-9-29(28)35)17-32(39,21-40)24-6-4-3-5-7-24/h3-10,12,14,16-17,26-27,40H,11,13,15,18-21H2,1-2H3/t26?,27?,32-/m1/s1. The van der Waals surface area contributed by atoms with Gasteiger partial charge in [-0.3, -0.25) is 4.90 Å². The van der Waals surface area contributed by atoms with Crippen molar-refractivity contribution < 1.29 is 27.8 Å². The first kappa shape index (κ1) is 29.6. The number of hydrogen-bond acceptors (Lipinski definition) is 5. The molecular formula is C32H35F3N4O3. The molecule has 2 unspecified atom stereocenters. The molecule has 7 nitrogen and oxygen atoms in total. The van der Waals surface area contributed by atoms with Crippen molar-refractivity contribution in [1.82, 2.24) is 19.7 Å². The summed E-state index contributed by atoms with van der Waals surface area (Å²) in [5.41, 5.74) is 0.683. The minimum absolute atomic E-state index is 0.0309. The molecule has 222 valence electrons. The van der Waals surface area contributed by atoms with Gasteiger partial charge < -0.3 is 19.6 Å². The van der Waals surface area contributed by atoms with E-state index in [9.17, 15) is 18.7 Å². The summed E-state index contributed by atoms with van der Waals surface area (Å²) in [5.74, 6) is -0.739. The Morgan fingerprint density at radius 3 is 2.69 bits per heavy atom. The zero-order valence-corrected chi connectivity index (χ0v) is 23.7. The summed E-state index contributed by atoms with van der Waals surface area (Å²) in [7, 11) is 3.18. The van der Waals surface area contributed by atoms with Crippen LogP contribution >= 0.6 is 0 Å². The number of aliphatic hydroxyl groups is 1. The molecule has 2 aliphatic heterocycles. The van der Waals surface area contributed by atoms with Gasteiger partial charge in [-0.1, -0.05) is 30.3 Å². The topological polar surface area (TPSA) is 69.1 Å². The quantitative estimate of drug-likeness (QED) is 0.426. The number of likely N-dealkylation sites (tertiary alicyclic amines) is 1. The number of urea groups is 1. The molecular weight excluding hydrogens is 545 g/mol. The largest absolute Gasteiger partial charge is 0.481 e. The number of alkyl halides is 1. The van der Waals surface area contributed by atoms with Crippen molar-refractivity contribution in [2.75, 3.05) is 40.4 Å². The summed E-state index contributed by atoms with van der Waals surface area (Å²) in [4.78, 5) is 23.3. The van der Waals surface area contributed by atoms with Crippen molar-refractivity contribution in [2.45, 2.75) is 37.1 Å². The zero-order chi connectivity index (χ0) is 29.9. The number of rotatable bonds is 7. The molecule has 10 heteroatoms. The Balaban J connectivity index is 1.39. The van der Waals surface area contributed by atoms with Crippen molar-refractivity contribution in [1.29, 1.82) is 0 Å². The van der Waals surface area contributed by atoms with Gasteiger partial charge in [0.1, 0.15) is 23.3 Å². The van der Waals surface area contributed by atoms with Gasteiger partial charge >= 0.3 is 6.03 Å². The number of amides is 2. The molecule has 3 aromatic rings. The zero-order valence-electron chi connectivity index (χ0n) is 23.7. The van der Waals surface area contributed by atoms with E-state index in [4.69, 9.17) is 4.74 Å². The van der Waals surface area contributed by atoms with Crippen LogP contribution in [0.15, 0.2) is 72.9 Å². The average molecular weight is 581 g/mol. The van der Waals surface area contributed by atoms with E-state index in [1.54, 1.807) is 50.7 Å². The number of aliphatic hydroxyl groups excluding tert-OH is 1. The van der Waals surface area contributed by atoms with Gasteiger partial charge in [-0.05, 0) is 53.5 Å². The van der Waals surface area contributed by atoms with Gasteiger partial charge in [0, 0.05) is 63.5 Å². The van der Waals surface area contributed by atoms with E-state index in [2.05, 4.69) is 4.98 Å². The molecule has 2 aromatic carbocycles. The number of carbonyl (C=O) groups is 1. The minimum atomic E-state index is -1.31. The fourth-order valence-corrected chi connectivity index (χ4v) is 6.01. The summed E-state index contributed by atoms with van der Waals surface area (Å²) >= 11 is 0. The first-order chi connectivity index (χ1) is 20.2. The Kier molecular flexibility index (Phi) is 8.84. The molecule has 3 atom stereocenters. The van der Waals surface area contributed by atoms with Crippen molar-refractivity contribution in [3.63, 3.8) is 0 Å². The molecule has 2 aliphatic rings. The van der Waals surface area contributed by atoms with E-state index < -0.39 is 42.0 Å². The second-order valence-corrected chi connectivity index (χ2v) is 10.9. The summed E-state index contributed by atoms with van der Waals surface area (Å²) < 4.78 is 49.5. The summed E-state index contributed by atoms with van der Waals surface area (Å²) in [6.45, 7) is 0.776. The number of methoxy groups -OCH3 is 1. The highest BCUT2D eigenvalue weighted by atomic mass is 19.1. The SMILES string of the molecule is COc1cc(CN2CCC(N(C)C(=O)N3CC(c4cc(F)ccc4F)=C[C@@]3(CO)c3ccccc3)CC(F)C2)ccn1. The van der Waals surface area contributed by atoms with Crippen molar-refractivity contribution in [3.8, 4) is 5.88 Å². The summed E-state index contributed by atoms with van der Waals surface area (Å²) in [6, 6.07) is 15.0. The number of ether oxygens (including phenoxy) is 1. The highest BCUT2D eigenvalue weighted by Crippen LogP contribution is 2.41. The van der Waals surface area contributed by atoms with Gasteiger partial charge in [-0.2, -0.15) is 0 Å². The Morgan fingerprint density at radius 2 is 1.95 bits per heavy atom. The van der Waals surface area contributed by atoms with Gasteiger partial charge in [-0.25, -0.2) is 22.9 Å². The Hall–Kier alpha value is -3.89. The molecule has 3 heterocycles. The van der Waals surface area contributed by atoms with Gasteiger partial charge in [0.05, 0.1) is 13.7 Å². The van der Waals surface area contributed by atoms with Crippen LogP contribution in [0.2, 0.25) is 0 Å². The molecule has 0 radical (unpaired) electrons. The first-order valence-electron chi connectivity index (χ1n) is 14.0. The fraction of sp³-hybridized carbons (Fsp3) is 0.375. The fourth-order valence-electron chi connectivity index (χ4n) is 6.01. The van der Waals surface area contributed by atoms with E-state index in [1.165, 1.54) is 9.80 Å². The van der Waals surface area contributed by atoms with Crippen molar-refractivity contribution in [2.24, 2.45) is 0 Å². The van der Waals surface area contributed by atoms with E-state index in [0.29, 0.717) is 36.5 Å². The van der Waals surface area contributed by atoms with Gasteiger partial charge in [-0.15, -0.1) is 0 Å². The molecule has 1 N–H and O–H groups in total. The number of carbonyl (C=O) groups excluding carboxylic acids is 1. The maximum Gasteiger partial charge on any atom is 0.321 e. The molecule has 0 saturated carbocycles. The predicted octanol–water partition coefficient (Wildman–Crippen LogP) is 5.01. The lowest BCUT2D eigenvalue weighted by molar-refractivity contribution is 0.0758. The number of hydrogen-bond donors (Lipinski definition) is 1. The molecule has 5 rings (SSSR count). The molecule has 0 spiro atoms. The van der Waals surface area contributed by atoms with Crippen LogP contribution in [0.4, 0.5) is 18.0 Å². The maximum atomic E-state index is 15.3. The van der Waals surface area contributed by atoms with Crippen LogP contribution in [-0.4, -0.2) is 83.4 Å². The number of aromatic nitrogens is 1. The third-order valence-corrected chi connectivity index (χ3v) is 8.27. The summed E-state index contributed by atoms with van der Waals surface area (Å²) in [5, 5.41) is 10.8. The van der Waals surface area contributed by atoms with Gasteiger partial charge in [0.25, 0.3) is 0 Å². The highest BCUT2D eigenvalue weighted by Gasteiger charge is 2.46. The molecule has 1 fully saturated rings. The molecule has 2 amide bonds. The molecule has 0 bridgehead atoms. The van der Waals surface area contributed by atoms with Crippen LogP contribution in [0.25, 0.3) is 5.57 Å². The third kappa shape index (κ3) is 6.00. The lowest BCUT2D eigenvalue weighted by atomic mass is 9.89. The van der Waals surface area contributed by atoms with Gasteiger partial charge in [0.2, 0.25) is 5.88 Å². The molecule has 0 aliphatic carbocycles. The normalized spacial score (nSPS) is 22.9. The number of nitrogens with zero attached hydrogens (tertiary/aromatic N) is 4. The molecule has 1 saturated heterocycles. The van der Waals surface area contributed by atoms with Crippen molar-refractivity contribution in [3.05, 3.63) is 101 Å². The second-order valence-electron chi connectivity index (χ2n) is 10.9. The first-order valence-corrected chi connectivity index (χ1v) is 14.0. The van der Waals surface area contributed by atoms with E-state index in [0.717, 1.165) is 23.8 Å². The van der Waals surface area contributed by atoms with Gasteiger partial charge in [0.15, 0.2) is 0 Å². The summed E-state index contributed by atoms with van der Waals surface area (Å²) in [6.07, 6.45) is 2.82. The minimum Gasteiger partial charge on any atom is -0.481 e. The van der Waals surface area contributed by atoms with Crippen LogP contribution in [0.1, 0.15) is 29.5 Å². The predicted molar refractivity (Wildman–Crippen MR) is 153 cm³/mol. The monoisotopic (exact) mass is 580 g/mol. The number of benzene rings is 2. The second kappa shape index (κ2) is 12.5. The molecule has 42 heavy (non-hydrogen) atoms. The molecule has 1 aromatic heterocycles. The number of halogens is 3. The number of pyridine rings is 1. The van der Waals surface area contributed by atoms with Crippen LogP contribution in [0.3, 0.4) is 0 Å². The smallest absolute Gasteiger partial charge is 0.321 e. The van der Waals surface area contributed by atoms with E-state index in [1.807, 2.05) is 23.1 Å². The van der Waals surface area contributed by atoms with E-state index >= 15 is 4.39 Å². The van der Waals surface area contributed by atoms with Crippen LogP contribution in [-0.2, 0) is 12.1 Å². The maximum absolute atomic E-state index is 15.3. The Morgan fingerprint density at radius 1 is 1.17 bits per heavy atom. The Labute approximate surface area is 243 Å². The van der Waals surface area contributed by atoms with Crippen LogP contribution in [0.5, 0.6) is 5.88 Å². The average Bonchev–Trinajstić information content (AvgIpc) is 3.31. The third-order valence-electron chi connectivity index (χ3n) is 8.27. The Bertz CT molecular complexity index is 1440. The highest BCUT2D eigenvalue weighted by molar-refractivity contribution is 5.83. The lowest BCUT2D eigenvalue weighted by Crippen LogP contribution is -2.54. The van der Waals surface area contributed by atoms with Crippen LogP contribution < -0.4 is 4.74 Å². The van der Waals surface area contributed by atoms with E-state index in [-0.39, 0.29) is 25.1 Å².